The van der Waals surface area contributed by atoms with E-state index < -0.39 is 0 Å². The van der Waals surface area contributed by atoms with Gasteiger partial charge >= 0.3 is 0 Å². The van der Waals surface area contributed by atoms with E-state index in [-0.39, 0.29) is 0 Å². The Hall–Kier alpha value is -0.0400. The molecule has 1 aliphatic carbocycles. The third-order valence-corrected chi connectivity index (χ3v) is 2.11. The first-order valence-corrected chi connectivity index (χ1v) is 4.34. The largest absolute Gasteiger partial charge is 0.376 e. The molecule has 0 aromatic carbocycles. The Balaban J connectivity index is 2.18. The molecule has 1 aliphatic rings. The van der Waals surface area contributed by atoms with Crippen molar-refractivity contribution in [3.63, 3.8) is 0 Å². The van der Waals surface area contributed by atoms with E-state index in [4.69, 9.17) is 4.74 Å². The minimum atomic E-state index is 0.412. The topological polar surface area (TPSA) is 9.23 Å². The van der Waals surface area contributed by atoms with Gasteiger partial charge in [-0.2, -0.15) is 0 Å². The molecule has 0 aliphatic heterocycles. The predicted octanol–water partition coefficient (Wildman–Crippen LogP) is 2.60. The first-order valence-electron chi connectivity index (χ1n) is 4.34. The second-order valence-corrected chi connectivity index (χ2v) is 3.73. The van der Waals surface area contributed by atoms with Crippen LogP contribution in [0.1, 0.15) is 40.0 Å². The van der Waals surface area contributed by atoms with Crippen LogP contribution in [0.15, 0.2) is 0 Å². The van der Waals surface area contributed by atoms with Crippen molar-refractivity contribution in [1.82, 2.24) is 0 Å². The van der Waals surface area contributed by atoms with Crippen LogP contribution in [0.4, 0.5) is 0 Å². The van der Waals surface area contributed by atoms with Crippen LogP contribution >= 0.6 is 0 Å². The summed E-state index contributed by atoms with van der Waals surface area (Å²) in [6, 6.07) is 0. The van der Waals surface area contributed by atoms with E-state index in [1.165, 1.54) is 19.3 Å². The molecule has 0 unspecified atom stereocenters. The minimum absolute atomic E-state index is 0.412. The second kappa shape index (κ2) is 3.38. The van der Waals surface area contributed by atoms with Gasteiger partial charge in [0.15, 0.2) is 0 Å². The van der Waals surface area contributed by atoms with Gasteiger partial charge < -0.3 is 4.74 Å². The van der Waals surface area contributed by atoms with Gasteiger partial charge in [0.2, 0.25) is 0 Å². The van der Waals surface area contributed by atoms with E-state index in [0.29, 0.717) is 12.2 Å². The van der Waals surface area contributed by atoms with E-state index in [1.54, 1.807) is 0 Å². The monoisotopic (exact) mass is 142 g/mol. The highest BCUT2D eigenvalue weighted by molar-refractivity contribution is 4.73. The molecule has 1 nitrogen and oxygen atoms in total. The normalized spacial score (nSPS) is 33.6. The van der Waals surface area contributed by atoms with E-state index in [2.05, 4.69) is 20.8 Å². The standard InChI is InChI=1S/C9H18O/c1-7(2)10-9-5-4-8(3)6-9/h7-9H,4-6H2,1-3H3/t8-,9+/m1/s1. The van der Waals surface area contributed by atoms with E-state index >= 15 is 0 Å². The summed E-state index contributed by atoms with van der Waals surface area (Å²) in [6.45, 7) is 6.54. The molecule has 0 amide bonds. The van der Waals surface area contributed by atoms with Crippen LogP contribution < -0.4 is 0 Å². The fourth-order valence-electron chi connectivity index (χ4n) is 1.66. The van der Waals surface area contributed by atoms with Crippen LogP contribution in [0.25, 0.3) is 0 Å². The number of hydrogen-bond acceptors (Lipinski definition) is 1. The molecule has 1 fully saturated rings. The first kappa shape index (κ1) is 8.06. The van der Waals surface area contributed by atoms with Crippen molar-refractivity contribution in [2.24, 2.45) is 5.92 Å². The summed E-state index contributed by atoms with van der Waals surface area (Å²) in [4.78, 5) is 0. The molecule has 0 aromatic heterocycles. The smallest absolute Gasteiger partial charge is 0.0581 e. The highest BCUT2D eigenvalue weighted by Crippen LogP contribution is 2.27. The average molecular weight is 142 g/mol. The lowest BCUT2D eigenvalue weighted by molar-refractivity contribution is 0.0107. The van der Waals surface area contributed by atoms with Crippen molar-refractivity contribution in [3.05, 3.63) is 0 Å². The molecule has 1 saturated carbocycles. The van der Waals surface area contributed by atoms with Gasteiger partial charge in [-0.3, -0.25) is 0 Å². The molecule has 1 rings (SSSR count). The molecular formula is C9H18O. The lowest BCUT2D eigenvalue weighted by Gasteiger charge is -2.14. The van der Waals surface area contributed by atoms with E-state index in [9.17, 15) is 0 Å². The average Bonchev–Trinajstić information content (AvgIpc) is 2.13. The highest BCUT2D eigenvalue weighted by Gasteiger charge is 2.22. The number of rotatable bonds is 2. The molecule has 0 spiro atoms. The second-order valence-electron chi connectivity index (χ2n) is 3.73. The molecule has 60 valence electrons. The Morgan fingerprint density at radius 3 is 2.40 bits per heavy atom. The van der Waals surface area contributed by atoms with Crippen molar-refractivity contribution in [2.45, 2.75) is 52.2 Å². The summed E-state index contributed by atoms with van der Waals surface area (Å²) in [5.41, 5.74) is 0. The molecule has 0 aromatic rings. The van der Waals surface area contributed by atoms with Crippen LogP contribution in [-0.4, -0.2) is 12.2 Å². The van der Waals surface area contributed by atoms with Crippen LogP contribution in [0.3, 0.4) is 0 Å². The summed E-state index contributed by atoms with van der Waals surface area (Å²) < 4.78 is 5.68. The van der Waals surface area contributed by atoms with Crippen LogP contribution in [0.5, 0.6) is 0 Å². The fraction of sp³-hybridized carbons (Fsp3) is 1.00. The zero-order valence-corrected chi connectivity index (χ0v) is 7.26. The van der Waals surface area contributed by atoms with Gasteiger partial charge in [-0.25, -0.2) is 0 Å². The van der Waals surface area contributed by atoms with Crippen LogP contribution in [0, 0.1) is 5.92 Å². The molecule has 10 heavy (non-hydrogen) atoms. The molecule has 2 atom stereocenters. The molecular weight excluding hydrogens is 124 g/mol. The van der Waals surface area contributed by atoms with Crippen LogP contribution in [-0.2, 0) is 4.74 Å². The molecule has 0 N–H and O–H groups in total. The van der Waals surface area contributed by atoms with Gasteiger partial charge in [-0.15, -0.1) is 0 Å². The summed E-state index contributed by atoms with van der Waals surface area (Å²) in [5.74, 6) is 0.892. The Bertz CT molecular complexity index is 98.9. The van der Waals surface area contributed by atoms with Gasteiger partial charge in [0.05, 0.1) is 12.2 Å². The maximum Gasteiger partial charge on any atom is 0.0581 e. The molecule has 0 bridgehead atoms. The maximum atomic E-state index is 5.68. The molecule has 1 heteroatoms. The fourth-order valence-corrected chi connectivity index (χ4v) is 1.66. The predicted molar refractivity (Wildman–Crippen MR) is 43.0 cm³/mol. The summed E-state index contributed by atoms with van der Waals surface area (Å²) in [6.07, 6.45) is 4.89. The summed E-state index contributed by atoms with van der Waals surface area (Å²) in [5, 5.41) is 0. The lowest BCUT2D eigenvalue weighted by atomic mass is 10.1. The third-order valence-electron chi connectivity index (χ3n) is 2.11. The van der Waals surface area contributed by atoms with E-state index in [1.807, 2.05) is 0 Å². The van der Waals surface area contributed by atoms with Crippen molar-refractivity contribution >= 4 is 0 Å². The molecule has 0 radical (unpaired) electrons. The number of ether oxygens (including phenoxy) is 1. The Morgan fingerprint density at radius 1 is 1.30 bits per heavy atom. The van der Waals surface area contributed by atoms with Crippen molar-refractivity contribution in [1.29, 1.82) is 0 Å². The van der Waals surface area contributed by atoms with Gasteiger partial charge in [0, 0.05) is 0 Å². The van der Waals surface area contributed by atoms with Crippen molar-refractivity contribution in [2.75, 3.05) is 0 Å². The summed E-state index contributed by atoms with van der Waals surface area (Å²) >= 11 is 0. The maximum absolute atomic E-state index is 5.68. The van der Waals surface area contributed by atoms with Gasteiger partial charge in [-0.05, 0) is 39.0 Å². The van der Waals surface area contributed by atoms with Crippen LogP contribution in [0.2, 0.25) is 0 Å². The minimum Gasteiger partial charge on any atom is -0.376 e. The first-order chi connectivity index (χ1) is 4.68. The van der Waals surface area contributed by atoms with Gasteiger partial charge in [-0.1, -0.05) is 6.92 Å². The quantitative estimate of drug-likeness (QED) is 0.576. The Kier molecular flexibility index (Phi) is 2.72. The highest BCUT2D eigenvalue weighted by atomic mass is 16.5. The number of hydrogen-bond donors (Lipinski definition) is 0. The summed E-state index contributed by atoms with van der Waals surface area (Å²) in [7, 11) is 0. The Morgan fingerprint density at radius 2 is 2.00 bits per heavy atom. The SMILES string of the molecule is CC(C)O[C@H]1CC[C@@H](C)C1. The van der Waals surface area contributed by atoms with E-state index in [0.717, 1.165) is 5.92 Å². The van der Waals surface area contributed by atoms with Crippen molar-refractivity contribution in [3.8, 4) is 0 Å². The third kappa shape index (κ3) is 2.30. The van der Waals surface area contributed by atoms with Gasteiger partial charge in [0.25, 0.3) is 0 Å². The zero-order valence-electron chi connectivity index (χ0n) is 7.26. The zero-order chi connectivity index (χ0) is 7.56. The molecule has 0 saturated heterocycles. The Labute approximate surface area is 63.8 Å². The van der Waals surface area contributed by atoms with Gasteiger partial charge in [0.1, 0.15) is 0 Å². The lowest BCUT2D eigenvalue weighted by Crippen LogP contribution is -2.14. The van der Waals surface area contributed by atoms with Crippen molar-refractivity contribution < 1.29 is 4.74 Å². The molecule has 0 heterocycles.